The number of nitrogens with zero attached hydrogens (tertiary/aromatic N) is 1. The Balaban J connectivity index is 2.17. The lowest BCUT2D eigenvalue weighted by molar-refractivity contribution is 0.552. The largest absolute Gasteiger partial charge is 0.384 e. The molecule has 0 bridgehead atoms. The summed E-state index contributed by atoms with van der Waals surface area (Å²) in [6, 6.07) is 11.4. The molecule has 1 heterocycles. The van der Waals surface area contributed by atoms with E-state index >= 15 is 0 Å². The number of benzene rings is 1. The summed E-state index contributed by atoms with van der Waals surface area (Å²) in [5.41, 5.74) is 10.6. The molecule has 5 N–H and O–H groups in total. The quantitative estimate of drug-likeness (QED) is 0.582. The maximum absolute atomic E-state index is 5.86. The van der Waals surface area contributed by atoms with Gasteiger partial charge in [0.25, 0.3) is 0 Å². The molecule has 0 radical (unpaired) electrons. The molecule has 94 valence electrons. The number of hydrazine groups is 1. The van der Waals surface area contributed by atoms with Crippen molar-refractivity contribution in [3.05, 3.63) is 58.7 Å². The van der Waals surface area contributed by atoms with Crippen molar-refractivity contribution in [1.29, 1.82) is 0 Å². The van der Waals surface area contributed by atoms with Crippen LogP contribution in [0.3, 0.4) is 0 Å². The fourth-order valence-corrected chi connectivity index (χ4v) is 1.95. The van der Waals surface area contributed by atoms with E-state index in [4.69, 9.17) is 23.2 Å². The fraction of sp³-hybridized carbons (Fsp3) is 0.154. The molecule has 2 aromatic rings. The minimum Gasteiger partial charge on any atom is -0.384 e. The summed E-state index contributed by atoms with van der Waals surface area (Å²) in [4.78, 5) is 3.97. The first-order valence-electron chi connectivity index (χ1n) is 5.61. The van der Waals surface area contributed by atoms with Gasteiger partial charge in [-0.25, -0.2) is 4.98 Å². The predicted molar refractivity (Wildman–Crippen MR) is 73.9 cm³/mol. The van der Waals surface area contributed by atoms with Gasteiger partial charge >= 0.3 is 0 Å². The van der Waals surface area contributed by atoms with E-state index in [0.717, 1.165) is 17.5 Å². The lowest BCUT2D eigenvalue weighted by Crippen LogP contribution is -2.29. The van der Waals surface area contributed by atoms with Crippen molar-refractivity contribution in [2.45, 2.75) is 12.5 Å². The van der Waals surface area contributed by atoms with Crippen LogP contribution in [0, 0.1) is 0 Å². The Kier molecular flexibility index (Phi) is 4.15. The van der Waals surface area contributed by atoms with Crippen molar-refractivity contribution in [2.24, 2.45) is 5.84 Å². The molecule has 0 aliphatic heterocycles. The number of halogens is 1. The van der Waals surface area contributed by atoms with E-state index in [1.54, 1.807) is 6.20 Å². The van der Waals surface area contributed by atoms with Gasteiger partial charge in [0.15, 0.2) is 0 Å². The highest BCUT2D eigenvalue weighted by molar-refractivity contribution is 6.30. The summed E-state index contributed by atoms with van der Waals surface area (Å²) in [5, 5.41) is 0.711. The van der Waals surface area contributed by atoms with Crippen LogP contribution >= 0.6 is 11.6 Å². The second-order valence-corrected chi connectivity index (χ2v) is 4.50. The van der Waals surface area contributed by atoms with Gasteiger partial charge in [-0.3, -0.25) is 11.3 Å². The van der Waals surface area contributed by atoms with Gasteiger partial charge in [-0.05, 0) is 41.8 Å². The molecule has 0 spiro atoms. The average molecular weight is 263 g/mol. The number of nitrogens with two attached hydrogens (primary N) is 2. The normalized spacial score (nSPS) is 12.3. The number of anilines is 1. The highest BCUT2D eigenvalue weighted by Crippen LogP contribution is 2.20. The van der Waals surface area contributed by atoms with Crippen molar-refractivity contribution < 1.29 is 0 Å². The minimum atomic E-state index is 0.0177. The average Bonchev–Trinajstić information content (AvgIpc) is 2.37. The maximum atomic E-state index is 5.86. The molecule has 18 heavy (non-hydrogen) atoms. The topological polar surface area (TPSA) is 77.0 Å². The summed E-state index contributed by atoms with van der Waals surface area (Å²) in [5.74, 6) is 6.11. The van der Waals surface area contributed by atoms with Crippen LogP contribution in [0.1, 0.15) is 17.2 Å². The maximum Gasteiger partial charge on any atom is 0.123 e. The Bertz CT molecular complexity index is 513. The van der Waals surface area contributed by atoms with Crippen molar-refractivity contribution in [1.82, 2.24) is 10.4 Å². The molecule has 0 aliphatic rings. The first-order chi connectivity index (χ1) is 8.69. The lowest BCUT2D eigenvalue weighted by Gasteiger charge is -2.16. The molecule has 1 unspecified atom stereocenters. The molecule has 4 nitrogen and oxygen atoms in total. The second kappa shape index (κ2) is 5.82. The van der Waals surface area contributed by atoms with Crippen LogP contribution in [0.4, 0.5) is 5.82 Å². The number of hydrogen-bond acceptors (Lipinski definition) is 4. The molecular formula is C13H15ClN4. The Morgan fingerprint density at radius 1 is 1.22 bits per heavy atom. The summed E-state index contributed by atoms with van der Waals surface area (Å²) in [7, 11) is 0. The summed E-state index contributed by atoms with van der Waals surface area (Å²) < 4.78 is 0. The van der Waals surface area contributed by atoms with Crippen molar-refractivity contribution >= 4 is 17.4 Å². The molecule has 5 heteroatoms. The lowest BCUT2D eigenvalue weighted by atomic mass is 10.00. The highest BCUT2D eigenvalue weighted by Gasteiger charge is 2.10. The summed E-state index contributed by atoms with van der Waals surface area (Å²) in [6.07, 6.45) is 2.44. The molecular weight excluding hydrogens is 248 g/mol. The van der Waals surface area contributed by atoms with Crippen molar-refractivity contribution in [3.8, 4) is 0 Å². The van der Waals surface area contributed by atoms with E-state index in [-0.39, 0.29) is 6.04 Å². The smallest absolute Gasteiger partial charge is 0.123 e. The Morgan fingerprint density at radius 3 is 2.56 bits per heavy atom. The van der Waals surface area contributed by atoms with Crippen molar-refractivity contribution in [3.63, 3.8) is 0 Å². The van der Waals surface area contributed by atoms with E-state index in [0.29, 0.717) is 10.8 Å². The Hall–Kier alpha value is -1.62. The third kappa shape index (κ3) is 3.20. The van der Waals surface area contributed by atoms with Crippen LogP contribution in [-0.2, 0) is 6.42 Å². The molecule has 1 aromatic carbocycles. The monoisotopic (exact) mass is 262 g/mol. The van der Waals surface area contributed by atoms with Gasteiger partial charge in [0, 0.05) is 17.3 Å². The molecule has 0 saturated heterocycles. The molecule has 0 aliphatic carbocycles. The number of nitrogen functional groups attached to an aromatic ring is 1. The molecule has 0 saturated carbocycles. The van der Waals surface area contributed by atoms with Crippen LogP contribution in [-0.4, -0.2) is 4.98 Å². The van der Waals surface area contributed by atoms with Crippen molar-refractivity contribution in [2.75, 3.05) is 5.73 Å². The van der Waals surface area contributed by atoms with Crippen LogP contribution < -0.4 is 17.0 Å². The predicted octanol–water partition coefficient (Wildman–Crippen LogP) is 2.06. The van der Waals surface area contributed by atoms with Gasteiger partial charge in [0.2, 0.25) is 0 Å². The van der Waals surface area contributed by atoms with Gasteiger partial charge < -0.3 is 5.73 Å². The summed E-state index contributed by atoms with van der Waals surface area (Å²) >= 11 is 5.86. The number of rotatable bonds is 4. The van der Waals surface area contributed by atoms with Gasteiger partial charge in [-0.1, -0.05) is 23.7 Å². The SMILES string of the molecule is NNC(Cc1ccnc(N)c1)c1ccc(Cl)cc1. The van der Waals surface area contributed by atoms with E-state index in [1.807, 2.05) is 36.4 Å². The number of nitrogens with one attached hydrogen (secondary N) is 1. The minimum absolute atomic E-state index is 0.0177. The van der Waals surface area contributed by atoms with Crippen LogP contribution in [0.5, 0.6) is 0 Å². The molecule has 0 amide bonds. The van der Waals surface area contributed by atoms with Gasteiger partial charge in [-0.2, -0.15) is 0 Å². The third-order valence-electron chi connectivity index (χ3n) is 2.76. The van der Waals surface area contributed by atoms with Gasteiger partial charge in [0.1, 0.15) is 5.82 Å². The number of pyridine rings is 1. The number of hydrogen-bond donors (Lipinski definition) is 3. The van der Waals surface area contributed by atoms with E-state index in [2.05, 4.69) is 10.4 Å². The fourth-order valence-electron chi connectivity index (χ4n) is 1.83. The number of aromatic nitrogens is 1. The Labute approximate surface area is 111 Å². The Morgan fingerprint density at radius 2 is 1.94 bits per heavy atom. The zero-order valence-electron chi connectivity index (χ0n) is 9.81. The first kappa shape index (κ1) is 12.8. The van der Waals surface area contributed by atoms with Gasteiger partial charge in [0.05, 0.1) is 0 Å². The molecule has 2 rings (SSSR count). The van der Waals surface area contributed by atoms with E-state index in [9.17, 15) is 0 Å². The van der Waals surface area contributed by atoms with Crippen LogP contribution in [0.15, 0.2) is 42.6 Å². The van der Waals surface area contributed by atoms with Crippen LogP contribution in [0.2, 0.25) is 5.02 Å². The van der Waals surface area contributed by atoms with Crippen LogP contribution in [0.25, 0.3) is 0 Å². The van der Waals surface area contributed by atoms with E-state index in [1.165, 1.54) is 0 Å². The highest BCUT2D eigenvalue weighted by atomic mass is 35.5. The summed E-state index contributed by atoms with van der Waals surface area (Å²) in [6.45, 7) is 0. The zero-order valence-corrected chi connectivity index (χ0v) is 10.6. The standard InChI is InChI=1S/C13H15ClN4/c14-11-3-1-10(2-4-11)12(18-16)7-9-5-6-17-13(15)8-9/h1-6,8,12,18H,7,16H2,(H2,15,17). The second-order valence-electron chi connectivity index (χ2n) is 4.06. The van der Waals surface area contributed by atoms with E-state index < -0.39 is 0 Å². The molecule has 0 fully saturated rings. The van der Waals surface area contributed by atoms with Gasteiger partial charge in [-0.15, -0.1) is 0 Å². The zero-order chi connectivity index (χ0) is 13.0. The molecule has 1 aromatic heterocycles. The third-order valence-corrected chi connectivity index (χ3v) is 3.01. The molecule has 1 atom stereocenters. The first-order valence-corrected chi connectivity index (χ1v) is 5.99.